The lowest BCUT2D eigenvalue weighted by molar-refractivity contribution is 0.102. The third-order valence-electron chi connectivity index (χ3n) is 2.64. The van der Waals surface area contributed by atoms with Crippen molar-refractivity contribution in [3.05, 3.63) is 57.8 Å². The van der Waals surface area contributed by atoms with Crippen LogP contribution in [0.3, 0.4) is 0 Å². The van der Waals surface area contributed by atoms with Crippen LogP contribution >= 0.6 is 27.5 Å². The van der Waals surface area contributed by atoms with E-state index in [1.54, 1.807) is 18.2 Å². The second-order valence-corrected chi connectivity index (χ2v) is 5.13. The van der Waals surface area contributed by atoms with Crippen LogP contribution in [0.4, 0.5) is 5.69 Å². The summed E-state index contributed by atoms with van der Waals surface area (Å²) in [7, 11) is 0. The molecule has 0 spiro atoms. The number of hydrogen-bond acceptors (Lipinski definition) is 2. The first kappa shape index (κ1) is 14.0. The Morgan fingerprint density at radius 2 is 2.16 bits per heavy atom. The van der Waals surface area contributed by atoms with E-state index in [-0.39, 0.29) is 5.91 Å². The molecule has 3 nitrogen and oxygen atoms in total. The highest BCUT2D eigenvalue weighted by Crippen LogP contribution is 2.17. The number of nitrogens with one attached hydrogen (secondary N) is 1. The summed E-state index contributed by atoms with van der Waals surface area (Å²) < 4.78 is 0.743. The predicted molar refractivity (Wildman–Crippen MR) is 80.6 cm³/mol. The molecule has 1 aromatic carbocycles. The molecule has 0 aliphatic rings. The number of benzene rings is 1. The molecule has 1 aromatic heterocycles. The summed E-state index contributed by atoms with van der Waals surface area (Å²) >= 11 is 9.05. The molecule has 0 saturated carbocycles. The summed E-state index contributed by atoms with van der Waals surface area (Å²) in [5.41, 5.74) is 2.96. The molecule has 2 rings (SSSR count). The van der Waals surface area contributed by atoms with Gasteiger partial charge < -0.3 is 5.32 Å². The number of aromatic nitrogens is 1. The number of aryl methyl sites for hydroxylation is 1. The number of amides is 1. The van der Waals surface area contributed by atoms with Gasteiger partial charge in [0.05, 0.1) is 11.4 Å². The second kappa shape index (κ2) is 6.17. The van der Waals surface area contributed by atoms with Crippen molar-refractivity contribution in [2.24, 2.45) is 0 Å². The van der Waals surface area contributed by atoms with Gasteiger partial charge >= 0.3 is 0 Å². The van der Waals surface area contributed by atoms with Crippen molar-refractivity contribution in [2.75, 3.05) is 5.32 Å². The van der Waals surface area contributed by atoms with E-state index < -0.39 is 0 Å². The Morgan fingerprint density at radius 1 is 1.37 bits per heavy atom. The molecule has 0 radical (unpaired) electrons. The lowest BCUT2D eigenvalue weighted by Crippen LogP contribution is -2.13. The normalized spacial score (nSPS) is 10.3. The number of hydrogen-bond donors (Lipinski definition) is 1. The summed E-state index contributed by atoms with van der Waals surface area (Å²) in [6, 6.07) is 10.8. The number of pyridine rings is 1. The van der Waals surface area contributed by atoms with Crippen molar-refractivity contribution in [2.45, 2.75) is 12.8 Å². The Labute approximate surface area is 125 Å². The molecule has 1 amide bonds. The summed E-state index contributed by atoms with van der Waals surface area (Å²) in [5.74, 6) is 0.221. The van der Waals surface area contributed by atoms with Crippen molar-refractivity contribution in [1.82, 2.24) is 4.98 Å². The van der Waals surface area contributed by atoms with Gasteiger partial charge in [0, 0.05) is 11.4 Å². The van der Waals surface area contributed by atoms with Crippen LogP contribution < -0.4 is 5.32 Å². The molecular weight excluding hydrogens is 328 g/mol. The second-order valence-electron chi connectivity index (χ2n) is 4.06. The maximum Gasteiger partial charge on any atom is 0.255 e. The first-order chi connectivity index (χ1) is 9.10. The monoisotopic (exact) mass is 338 g/mol. The largest absolute Gasteiger partial charge is 0.320 e. The van der Waals surface area contributed by atoms with E-state index in [0.717, 1.165) is 15.9 Å². The van der Waals surface area contributed by atoms with Gasteiger partial charge in [0.2, 0.25) is 0 Å². The minimum Gasteiger partial charge on any atom is -0.320 e. The summed E-state index contributed by atoms with van der Waals surface area (Å²) in [5, 5.41) is 2.84. The van der Waals surface area contributed by atoms with Crippen LogP contribution in [0.5, 0.6) is 0 Å². The molecule has 98 valence electrons. The SMILES string of the molecule is Cc1nc(Br)ccc1NC(=O)c1cccc(CCl)c1. The number of nitrogens with zero attached hydrogens (tertiary/aromatic N) is 1. The maximum atomic E-state index is 12.1. The third-order valence-corrected chi connectivity index (χ3v) is 3.39. The predicted octanol–water partition coefficient (Wildman–Crippen LogP) is 4.14. The smallest absolute Gasteiger partial charge is 0.255 e. The van der Waals surface area contributed by atoms with E-state index in [1.165, 1.54) is 0 Å². The molecule has 1 N–H and O–H groups in total. The average Bonchev–Trinajstić information content (AvgIpc) is 2.42. The quantitative estimate of drug-likeness (QED) is 0.674. The van der Waals surface area contributed by atoms with Gasteiger partial charge in [-0.3, -0.25) is 4.79 Å². The van der Waals surface area contributed by atoms with E-state index >= 15 is 0 Å². The van der Waals surface area contributed by atoms with Gasteiger partial charge in [0.15, 0.2) is 0 Å². The van der Waals surface area contributed by atoms with Gasteiger partial charge in [-0.15, -0.1) is 11.6 Å². The first-order valence-electron chi connectivity index (χ1n) is 5.69. The fourth-order valence-electron chi connectivity index (χ4n) is 1.65. The van der Waals surface area contributed by atoms with Gasteiger partial charge in [-0.25, -0.2) is 4.98 Å². The number of carbonyl (C=O) groups is 1. The molecule has 0 bridgehead atoms. The van der Waals surface area contributed by atoms with Crippen LogP contribution in [-0.2, 0) is 5.88 Å². The number of anilines is 1. The lowest BCUT2D eigenvalue weighted by atomic mass is 10.1. The number of alkyl halides is 1. The molecule has 19 heavy (non-hydrogen) atoms. The van der Waals surface area contributed by atoms with E-state index in [4.69, 9.17) is 11.6 Å². The molecule has 0 aliphatic carbocycles. The fraction of sp³-hybridized carbons (Fsp3) is 0.143. The van der Waals surface area contributed by atoms with E-state index in [9.17, 15) is 4.79 Å². The van der Waals surface area contributed by atoms with E-state index in [1.807, 2.05) is 25.1 Å². The first-order valence-corrected chi connectivity index (χ1v) is 7.02. The Bertz CT molecular complexity index is 616. The molecule has 0 unspecified atom stereocenters. The van der Waals surface area contributed by atoms with Crippen molar-refractivity contribution in [3.8, 4) is 0 Å². The van der Waals surface area contributed by atoms with Crippen LogP contribution in [0.1, 0.15) is 21.6 Å². The van der Waals surface area contributed by atoms with Crippen molar-refractivity contribution in [1.29, 1.82) is 0 Å². The number of halogens is 2. The topological polar surface area (TPSA) is 42.0 Å². The minimum atomic E-state index is -0.167. The van der Waals surface area contributed by atoms with Crippen molar-refractivity contribution in [3.63, 3.8) is 0 Å². The zero-order chi connectivity index (χ0) is 13.8. The molecule has 2 aromatic rings. The molecular formula is C14H12BrClN2O. The van der Waals surface area contributed by atoms with Crippen LogP contribution in [0, 0.1) is 6.92 Å². The summed E-state index contributed by atoms with van der Waals surface area (Å²) in [4.78, 5) is 16.4. The number of carbonyl (C=O) groups excluding carboxylic acids is 1. The lowest BCUT2D eigenvalue weighted by Gasteiger charge is -2.08. The minimum absolute atomic E-state index is 0.167. The molecule has 5 heteroatoms. The molecule has 0 aliphatic heterocycles. The highest BCUT2D eigenvalue weighted by atomic mass is 79.9. The van der Waals surface area contributed by atoms with Crippen LogP contribution in [0.2, 0.25) is 0 Å². The van der Waals surface area contributed by atoms with Gasteiger partial charge in [-0.2, -0.15) is 0 Å². The number of rotatable bonds is 3. The summed E-state index contributed by atoms with van der Waals surface area (Å²) in [6.07, 6.45) is 0. The van der Waals surface area contributed by atoms with E-state index in [0.29, 0.717) is 17.1 Å². The Balaban J connectivity index is 2.20. The highest BCUT2D eigenvalue weighted by Gasteiger charge is 2.09. The molecule has 0 saturated heterocycles. The average molecular weight is 340 g/mol. The summed E-state index contributed by atoms with van der Waals surface area (Å²) in [6.45, 7) is 1.84. The Morgan fingerprint density at radius 3 is 2.84 bits per heavy atom. The molecule has 0 fully saturated rings. The van der Waals surface area contributed by atoms with Crippen LogP contribution in [0.25, 0.3) is 0 Å². The zero-order valence-corrected chi connectivity index (χ0v) is 12.6. The third kappa shape index (κ3) is 3.55. The molecule has 1 heterocycles. The molecule has 0 atom stereocenters. The van der Waals surface area contributed by atoms with Gasteiger partial charge in [0.25, 0.3) is 5.91 Å². The van der Waals surface area contributed by atoms with Crippen LogP contribution in [0.15, 0.2) is 41.0 Å². The highest BCUT2D eigenvalue weighted by molar-refractivity contribution is 9.10. The van der Waals surface area contributed by atoms with Crippen LogP contribution in [-0.4, -0.2) is 10.9 Å². The Hall–Kier alpha value is -1.39. The van der Waals surface area contributed by atoms with Gasteiger partial charge in [-0.05, 0) is 52.7 Å². The zero-order valence-electron chi connectivity index (χ0n) is 10.3. The van der Waals surface area contributed by atoms with Gasteiger partial charge in [-0.1, -0.05) is 12.1 Å². The fourth-order valence-corrected chi connectivity index (χ4v) is 2.22. The Kier molecular flexibility index (Phi) is 4.56. The van der Waals surface area contributed by atoms with Crippen molar-refractivity contribution >= 4 is 39.1 Å². The van der Waals surface area contributed by atoms with Crippen molar-refractivity contribution < 1.29 is 4.79 Å². The maximum absolute atomic E-state index is 12.1. The standard InChI is InChI=1S/C14H12BrClN2O/c1-9-12(5-6-13(15)17-9)18-14(19)11-4-2-3-10(7-11)8-16/h2-7H,8H2,1H3,(H,18,19). The van der Waals surface area contributed by atoms with E-state index in [2.05, 4.69) is 26.2 Å². The van der Waals surface area contributed by atoms with Gasteiger partial charge in [0.1, 0.15) is 4.60 Å².